The first-order valence-corrected chi connectivity index (χ1v) is 12.1. The Morgan fingerprint density at radius 2 is 1.56 bits per heavy atom. The van der Waals surface area contributed by atoms with Crippen LogP contribution in [-0.4, -0.2) is 41.6 Å². The van der Waals surface area contributed by atoms with Gasteiger partial charge in [0, 0.05) is 28.6 Å². The molecule has 0 unspecified atom stereocenters. The second-order valence-corrected chi connectivity index (χ2v) is 10.3. The van der Waals surface area contributed by atoms with Gasteiger partial charge in [0.05, 0.1) is 25.5 Å². The van der Waals surface area contributed by atoms with E-state index in [9.17, 15) is 19.5 Å². The number of halogens is 1. The van der Waals surface area contributed by atoms with Gasteiger partial charge in [0.1, 0.15) is 17.0 Å². The van der Waals surface area contributed by atoms with Gasteiger partial charge >= 0.3 is 11.9 Å². The highest BCUT2D eigenvalue weighted by Crippen LogP contribution is 2.46. The summed E-state index contributed by atoms with van der Waals surface area (Å²) < 4.78 is 12.6. The average molecular weight is 552 g/mol. The van der Waals surface area contributed by atoms with Crippen molar-refractivity contribution >= 4 is 39.2 Å². The van der Waals surface area contributed by atoms with Crippen LogP contribution in [0.15, 0.2) is 64.8 Å². The first-order chi connectivity index (χ1) is 17.1. The zero-order chi connectivity index (χ0) is 26.2. The SMILES string of the molecule is COC(=O)c1c(C2=C(O)CC(C)(C)CC2=O)c(-c2ccccc2)n(-c2ccc(Br)cc2)c1C(=O)OC. The van der Waals surface area contributed by atoms with E-state index in [1.165, 1.54) is 14.2 Å². The largest absolute Gasteiger partial charge is 0.512 e. The summed E-state index contributed by atoms with van der Waals surface area (Å²) in [5.74, 6) is -2.07. The number of rotatable bonds is 5. The normalized spacial score (nSPS) is 15.1. The molecule has 0 saturated carbocycles. The van der Waals surface area contributed by atoms with Gasteiger partial charge in [-0.05, 0) is 35.2 Å². The highest BCUT2D eigenvalue weighted by atomic mass is 79.9. The number of Topliss-reactive ketones (excluding diaryl/α,β-unsaturated/α-hetero) is 1. The van der Waals surface area contributed by atoms with E-state index < -0.39 is 17.4 Å². The van der Waals surface area contributed by atoms with Crippen molar-refractivity contribution in [3.05, 3.63) is 81.7 Å². The molecule has 0 saturated heterocycles. The number of allylic oxidation sites excluding steroid dienone is 2. The van der Waals surface area contributed by atoms with Gasteiger partial charge in [0.2, 0.25) is 0 Å². The summed E-state index contributed by atoms with van der Waals surface area (Å²) in [6.07, 6.45) is 0.401. The number of ether oxygens (including phenoxy) is 2. The predicted molar refractivity (Wildman–Crippen MR) is 139 cm³/mol. The molecule has 0 spiro atoms. The Bertz CT molecular complexity index is 1380. The molecule has 0 amide bonds. The first kappa shape index (κ1) is 25.4. The Kier molecular flexibility index (Phi) is 6.91. The highest BCUT2D eigenvalue weighted by Gasteiger charge is 2.41. The van der Waals surface area contributed by atoms with E-state index in [0.717, 1.165) is 4.47 Å². The first-order valence-electron chi connectivity index (χ1n) is 11.3. The monoisotopic (exact) mass is 551 g/mol. The zero-order valence-corrected chi connectivity index (χ0v) is 22.0. The molecule has 0 atom stereocenters. The van der Waals surface area contributed by atoms with Crippen LogP contribution in [0.3, 0.4) is 0 Å². The molecule has 2 aromatic carbocycles. The number of aliphatic hydroxyl groups is 1. The van der Waals surface area contributed by atoms with Crippen LogP contribution in [-0.2, 0) is 14.3 Å². The fraction of sp³-hybridized carbons (Fsp3) is 0.250. The number of nitrogens with zero attached hydrogens (tertiary/aromatic N) is 1. The minimum atomic E-state index is -0.823. The van der Waals surface area contributed by atoms with Gasteiger partial charge in [-0.1, -0.05) is 60.1 Å². The van der Waals surface area contributed by atoms with Crippen LogP contribution < -0.4 is 0 Å². The summed E-state index contributed by atoms with van der Waals surface area (Å²) in [5, 5.41) is 11.2. The van der Waals surface area contributed by atoms with Crippen molar-refractivity contribution in [3.8, 4) is 16.9 Å². The Morgan fingerprint density at radius 1 is 0.944 bits per heavy atom. The summed E-state index contributed by atoms with van der Waals surface area (Å²) >= 11 is 3.43. The highest BCUT2D eigenvalue weighted by molar-refractivity contribution is 9.10. The molecule has 0 aliphatic heterocycles. The standard InChI is InChI=1S/C28H26BrNO6/c1-28(2)14-19(31)21(20(32)15-28)22-23(26(33)35-3)25(27(34)36-4)30(18-12-10-17(29)11-13-18)24(22)16-8-6-5-7-9-16/h5-13,31H,14-15H2,1-4H3. The van der Waals surface area contributed by atoms with Crippen molar-refractivity contribution in [2.24, 2.45) is 5.41 Å². The van der Waals surface area contributed by atoms with Gasteiger partial charge in [0.15, 0.2) is 5.78 Å². The predicted octanol–water partition coefficient (Wildman–Crippen LogP) is 6.14. The maximum absolute atomic E-state index is 13.5. The molecular formula is C28H26BrNO6. The van der Waals surface area contributed by atoms with E-state index in [1.54, 1.807) is 28.8 Å². The molecule has 0 bridgehead atoms. The quantitative estimate of drug-likeness (QED) is 0.383. The number of hydrogen-bond donors (Lipinski definition) is 1. The lowest BCUT2D eigenvalue weighted by atomic mass is 9.74. The lowest BCUT2D eigenvalue weighted by Crippen LogP contribution is -2.26. The van der Waals surface area contributed by atoms with Crippen LogP contribution in [0.4, 0.5) is 0 Å². The van der Waals surface area contributed by atoms with Crippen molar-refractivity contribution in [1.82, 2.24) is 4.57 Å². The van der Waals surface area contributed by atoms with Gasteiger partial charge in [-0.3, -0.25) is 4.79 Å². The molecule has 1 N–H and O–H groups in total. The van der Waals surface area contributed by atoms with Gasteiger partial charge in [-0.25, -0.2) is 9.59 Å². The van der Waals surface area contributed by atoms with Crippen molar-refractivity contribution in [3.63, 3.8) is 0 Å². The lowest BCUT2D eigenvalue weighted by Gasteiger charge is -2.30. The van der Waals surface area contributed by atoms with E-state index in [0.29, 0.717) is 16.9 Å². The smallest absolute Gasteiger partial charge is 0.355 e. The third-order valence-electron chi connectivity index (χ3n) is 6.17. The number of hydrogen-bond acceptors (Lipinski definition) is 6. The number of carbonyl (C=O) groups is 3. The molecule has 8 heteroatoms. The third kappa shape index (κ3) is 4.48. The van der Waals surface area contributed by atoms with Crippen molar-refractivity contribution < 1.29 is 29.0 Å². The minimum absolute atomic E-state index is 0.00888. The zero-order valence-electron chi connectivity index (χ0n) is 20.4. The van der Waals surface area contributed by atoms with E-state index in [2.05, 4.69) is 15.9 Å². The van der Waals surface area contributed by atoms with E-state index in [1.807, 2.05) is 44.2 Å². The van der Waals surface area contributed by atoms with Crippen LogP contribution in [0.5, 0.6) is 0 Å². The fourth-order valence-electron chi connectivity index (χ4n) is 4.70. The van der Waals surface area contributed by atoms with Crippen LogP contribution in [0.1, 0.15) is 53.1 Å². The van der Waals surface area contributed by atoms with Gasteiger partial charge in [-0.15, -0.1) is 0 Å². The lowest BCUT2D eigenvalue weighted by molar-refractivity contribution is -0.116. The van der Waals surface area contributed by atoms with Crippen molar-refractivity contribution in [2.75, 3.05) is 14.2 Å². The van der Waals surface area contributed by atoms with Crippen LogP contribution >= 0.6 is 15.9 Å². The summed E-state index contributed by atoms with van der Waals surface area (Å²) in [6, 6.07) is 16.2. The fourth-order valence-corrected chi connectivity index (χ4v) is 4.96. The topological polar surface area (TPSA) is 94.8 Å². The number of benzene rings is 2. The average Bonchev–Trinajstić information content (AvgIpc) is 3.18. The number of esters is 2. The molecule has 1 aliphatic rings. The molecule has 4 rings (SSSR count). The van der Waals surface area contributed by atoms with Crippen LogP contribution in [0, 0.1) is 5.41 Å². The minimum Gasteiger partial charge on any atom is -0.512 e. The number of carbonyl (C=O) groups excluding carboxylic acids is 3. The number of ketones is 1. The molecule has 1 aromatic heterocycles. The van der Waals surface area contributed by atoms with Crippen LogP contribution in [0.25, 0.3) is 22.5 Å². The maximum atomic E-state index is 13.5. The summed E-state index contributed by atoms with van der Waals surface area (Å²) in [7, 11) is 2.42. The molecule has 1 aliphatic carbocycles. The number of aromatic nitrogens is 1. The maximum Gasteiger partial charge on any atom is 0.355 e. The number of aliphatic hydroxyl groups excluding tert-OH is 1. The Morgan fingerprint density at radius 3 is 2.11 bits per heavy atom. The summed E-state index contributed by atoms with van der Waals surface area (Å²) in [4.78, 5) is 40.0. The second-order valence-electron chi connectivity index (χ2n) is 9.37. The van der Waals surface area contributed by atoms with Crippen molar-refractivity contribution in [2.45, 2.75) is 26.7 Å². The molecule has 1 heterocycles. The molecular weight excluding hydrogens is 526 g/mol. The van der Waals surface area contributed by atoms with Gasteiger partial charge < -0.3 is 19.1 Å². The van der Waals surface area contributed by atoms with Gasteiger partial charge in [0.25, 0.3) is 0 Å². The molecule has 7 nitrogen and oxygen atoms in total. The number of methoxy groups -OCH3 is 2. The Balaban J connectivity index is 2.25. The van der Waals surface area contributed by atoms with Crippen LogP contribution in [0.2, 0.25) is 0 Å². The molecule has 0 fully saturated rings. The van der Waals surface area contributed by atoms with Gasteiger partial charge in [-0.2, -0.15) is 0 Å². The Hall–Kier alpha value is -3.65. The van der Waals surface area contributed by atoms with E-state index in [4.69, 9.17) is 9.47 Å². The van der Waals surface area contributed by atoms with E-state index in [-0.39, 0.29) is 46.8 Å². The summed E-state index contributed by atoms with van der Waals surface area (Å²) in [5.41, 5.74) is 1.05. The van der Waals surface area contributed by atoms with E-state index >= 15 is 0 Å². The third-order valence-corrected chi connectivity index (χ3v) is 6.70. The second kappa shape index (κ2) is 9.78. The molecule has 3 aromatic rings. The summed E-state index contributed by atoms with van der Waals surface area (Å²) in [6.45, 7) is 3.79. The van der Waals surface area contributed by atoms with Crippen molar-refractivity contribution in [1.29, 1.82) is 0 Å². The molecule has 186 valence electrons. The molecule has 36 heavy (non-hydrogen) atoms. The molecule has 0 radical (unpaired) electrons. The Labute approximate surface area is 217 Å².